The highest BCUT2D eigenvalue weighted by molar-refractivity contribution is 5.80. The zero-order valence-corrected chi connectivity index (χ0v) is 11.0. The third-order valence-electron chi connectivity index (χ3n) is 5.10. The van der Waals surface area contributed by atoms with Crippen LogP contribution in [-0.4, -0.2) is 30.1 Å². The Morgan fingerprint density at radius 3 is 2.59 bits per heavy atom. The molecule has 0 radical (unpaired) electrons. The lowest BCUT2D eigenvalue weighted by Crippen LogP contribution is -2.43. The molecular weight excluding hydrogens is 212 g/mol. The number of rotatable bonds is 3. The van der Waals surface area contributed by atoms with Crippen molar-refractivity contribution in [2.45, 2.75) is 52.1 Å². The predicted molar refractivity (Wildman–Crippen MR) is 67.3 cm³/mol. The first-order valence-corrected chi connectivity index (χ1v) is 7.11. The predicted octanol–water partition coefficient (Wildman–Crippen LogP) is 1.98. The van der Waals surface area contributed by atoms with Gasteiger partial charge >= 0.3 is 0 Å². The van der Waals surface area contributed by atoms with Gasteiger partial charge < -0.3 is 4.90 Å². The van der Waals surface area contributed by atoms with E-state index in [4.69, 9.17) is 0 Å². The number of carbonyl (C=O) groups is 1. The fourth-order valence-corrected chi connectivity index (χ4v) is 3.59. The van der Waals surface area contributed by atoms with E-state index >= 15 is 0 Å². The average molecular weight is 236 g/mol. The molecule has 3 rings (SSSR count). The van der Waals surface area contributed by atoms with E-state index in [0.717, 1.165) is 12.5 Å². The maximum atomic E-state index is 12.0. The van der Waals surface area contributed by atoms with Crippen molar-refractivity contribution >= 4 is 5.91 Å². The second-order valence-electron chi connectivity index (χ2n) is 6.81. The molecule has 2 atom stereocenters. The molecule has 1 aliphatic heterocycles. The zero-order chi connectivity index (χ0) is 12.0. The summed E-state index contributed by atoms with van der Waals surface area (Å²) in [6.07, 6.45) is 6.93. The van der Waals surface area contributed by atoms with Gasteiger partial charge in [-0.3, -0.25) is 10.1 Å². The summed E-state index contributed by atoms with van der Waals surface area (Å²) in [6, 6.07) is 0. The van der Waals surface area contributed by atoms with E-state index in [1.807, 2.05) is 0 Å². The number of amides is 1. The van der Waals surface area contributed by atoms with Gasteiger partial charge in [0.25, 0.3) is 0 Å². The highest BCUT2D eigenvalue weighted by atomic mass is 16.2. The van der Waals surface area contributed by atoms with Crippen molar-refractivity contribution < 1.29 is 4.79 Å². The quantitative estimate of drug-likeness (QED) is 0.812. The Balaban J connectivity index is 1.65. The number of hydrogen-bond acceptors (Lipinski definition) is 2. The standard InChI is InChI=1S/C14H24N2O/c1-14(2)7-11(14)9-16-12(17)8-15-13(16)10-5-3-4-6-10/h10-11,13,15H,3-9H2,1-2H3. The van der Waals surface area contributed by atoms with Crippen molar-refractivity contribution in [3.05, 3.63) is 0 Å². The number of hydrogen-bond donors (Lipinski definition) is 1. The van der Waals surface area contributed by atoms with E-state index in [9.17, 15) is 4.79 Å². The van der Waals surface area contributed by atoms with Gasteiger partial charge in [0.15, 0.2) is 0 Å². The Hall–Kier alpha value is -0.570. The molecule has 1 saturated heterocycles. The second-order valence-corrected chi connectivity index (χ2v) is 6.81. The molecule has 0 bridgehead atoms. The molecule has 17 heavy (non-hydrogen) atoms. The van der Waals surface area contributed by atoms with E-state index in [1.54, 1.807) is 0 Å². The summed E-state index contributed by atoms with van der Waals surface area (Å²) >= 11 is 0. The molecule has 0 aromatic rings. The molecule has 96 valence electrons. The maximum Gasteiger partial charge on any atom is 0.237 e. The van der Waals surface area contributed by atoms with Crippen LogP contribution in [0.2, 0.25) is 0 Å². The largest absolute Gasteiger partial charge is 0.325 e. The van der Waals surface area contributed by atoms with Gasteiger partial charge in [-0.25, -0.2) is 0 Å². The van der Waals surface area contributed by atoms with Gasteiger partial charge in [-0.15, -0.1) is 0 Å². The van der Waals surface area contributed by atoms with Gasteiger partial charge in [-0.1, -0.05) is 26.7 Å². The van der Waals surface area contributed by atoms with E-state index in [0.29, 0.717) is 30.0 Å². The molecule has 3 fully saturated rings. The molecular formula is C14H24N2O. The molecule has 3 aliphatic rings. The smallest absolute Gasteiger partial charge is 0.237 e. The summed E-state index contributed by atoms with van der Waals surface area (Å²) < 4.78 is 0. The lowest BCUT2D eigenvalue weighted by Gasteiger charge is -2.29. The van der Waals surface area contributed by atoms with E-state index in [2.05, 4.69) is 24.1 Å². The highest BCUT2D eigenvalue weighted by Gasteiger charge is 2.49. The van der Waals surface area contributed by atoms with Crippen LogP contribution in [0.5, 0.6) is 0 Å². The maximum absolute atomic E-state index is 12.0. The number of nitrogens with one attached hydrogen (secondary N) is 1. The fraction of sp³-hybridized carbons (Fsp3) is 0.929. The Morgan fingerprint density at radius 2 is 2.00 bits per heavy atom. The van der Waals surface area contributed by atoms with Crippen LogP contribution < -0.4 is 5.32 Å². The minimum Gasteiger partial charge on any atom is -0.325 e. The molecule has 0 spiro atoms. The van der Waals surface area contributed by atoms with Crippen LogP contribution in [0.25, 0.3) is 0 Å². The van der Waals surface area contributed by atoms with Crippen molar-refractivity contribution in [3.8, 4) is 0 Å². The first-order chi connectivity index (χ1) is 8.08. The summed E-state index contributed by atoms with van der Waals surface area (Å²) in [6.45, 7) is 6.18. The first-order valence-electron chi connectivity index (χ1n) is 7.11. The summed E-state index contributed by atoms with van der Waals surface area (Å²) in [5.41, 5.74) is 0.475. The molecule has 2 saturated carbocycles. The Kier molecular flexibility index (Phi) is 2.69. The molecule has 2 unspecified atom stereocenters. The first kappa shape index (κ1) is 11.5. The van der Waals surface area contributed by atoms with Gasteiger partial charge in [0, 0.05) is 6.54 Å². The van der Waals surface area contributed by atoms with Gasteiger partial charge in [-0.2, -0.15) is 0 Å². The molecule has 1 heterocycles. The SMILES string of the molecule is CC1(C)CC1CN1C(=O)CNC1C1CCCC1. The van der Waals surface area contributed by atoms with E-state index in [-0.39, 0.29) is 0 Å². The van der Waals surface area contributed by atoms with Crippen molar-refractivity contribution in [2.75, 3.05) is 13.1 Å². The second kappa shape index (κ2) is 3.98. The third-order valence-corrected chi connectivity index (χ3v) is 5.10. The fourth-order valence-electron chi connectivity index (χ4n) is 3.59. The monoisotopic (exact) mass is 236 g/mol. The molecule has 2 aliphatic carbocycles. The minimum atomic E-state index is 0.324. The van der Waals surface area contributed by atoms with E-state index < -0.39 is 0 Å². The van der Waals surface area contributed by atoms with Crippen molar-refractivity contribution in [2.24, 2.45) is 17.3 Å². The van der Waals surface area contributed by atoms with Crippen molar-refractivity contribution in [1.82, 2.24) is 10.2 Å². The van der Waals surface area contributed by atoms with Gasteiger partial charge in [-0.05, 0) is 36.5 Å². The summed E-state index contributed by atoms with van der Waals surface area (Å²) in [4.78, 5) is 14.1. The van der Waals surface area contributed by atoms with Crippen LogP contribution in [0.3, 0.4) is 0 Å². The average Bonchev–Trinajstić information content (AvgIpc) is 2.73. The van der Waals surface area contributed by atoms with Gasteiger partial charge in [0.2, 0.25) is 5.91 Å². The van der Waals surface area contributed by atoms with Gasteiger partial charge in [0.05, 0.1) is 12.7 Å². The summed E-state index contributed by atoms with van der Waals surface area (Å²) in [7, 11) is 0. The summed E-state index contributed by atoms with van der Waals surface area (Å²) in [5.74, 6) is 1.77. The topological polar surface area (TPSA) is 32.3 Å². The number of nitrogens with zero attached hydrogens (tertiary/aromatic N) is 1. The normalized spacial score (nSPS) is 36.8. The van der Waals surface area contributed by atoms with Crippen LogP contribution in [0.4, 0.5) is 0 Å². The van der Waals surface area contributed by atoms with Gasteiger partial charge in [0.1, 0.15) is 0 Å². The summed E-state index contributed by atoms with van der Waals surface area (Å²) in [5, 5.41) is 3.44. The Bertz CT molecular complexity index is 320. The zero-order valence-electron chi connectivity index (χ0n) is 11.0. The molecule has 3 nitrogen and oxygen atoms in total. The number of carbonyl (C=O) groups excluding carboxylic acids is 1. The van der Waals surface area contributed by atoms with E-state index in [1.165, 1.54) is 32.1 Å². The highest BCUT2D eigenvalue weighted by Crippen LogP contribution is 2.52. The van der Waals surface area contributed by atoms with Crippen LogP contribution >= 0.6 is 0 Å². The van der Waals surface area contributed by atoms with Crippen molar-refractivity contribution in [1.29, 1.82) is 0 Å². The lowest BCUT2D eigenvalue weighted by atomic mass is 10.0. The molecule has 1 N–H and O–H groups in total. The van der Waals surface area contributed by atoms with Crippen LogP contribution in [0, 0.1) is 17.3 Å². The molecule has 0 aromatic carbocycles. The molecule has 1 amide bonds. The minimum absolute atomic E-state index is 0.324. The third kappa shape index (κ3) is 2.10. The Labute approximate surface area is 104 Å². The van der Waals surface area contributed by atoms with Crippen LogP contribution in [0.1, 0.15) is 46.0 Å². The van der Waals surface area contributed by atoms with Crippen molar-refractivity contribution in [3.63, 3.8) is 0 Å². The molecule has 0 aromatic heterocycles. The Morgan fingerprint density at radius 1 is 1.35 bits per heavy atom. The van der Waals surface area contributed by atoms with Crippen LogP contribution in [-0.2, 0) is 4.79 Å². The lowest BCUT2D eigenvalue weighted by molar-refractivity contribution is -0.129. The van der Waals surface area contributed by atoms with Crippen LogP contribution in [0.15, 0.2) is 0 Å². The molecule has 3 heteroatoms.